The highest BCUT2D eigenvalue weighted by Crippen LogP contribution is 2.33. The van der Waals surface area contributed by atoms with Crippen molar-refractivity contribution in [2.24, 2.45) is 0 Å². The topological polar surface area (TPSA) is 152 Å². The van der Waals surface area contributed by atoms with Gasteiger partial charge in [0.15, 0.2) is 6.39 Å². The molecule has 3 aromatic heterocycles. The lowest BCUT2D eigenvalue weighted by molar-refractivity contribution is -0.119. The highest BCUT2D eigenvalue weighted by atomic mass is 35.5. The Kier molecular flexibility index (Phi) is 7.84. The maximum atomic E-state index is 13.4. The van der Waals surface area contributed by atoms with Crippen LogP contribution in [0.2, 0.25) is 5.02 Å². The van der Waals surface area contributed by atoms with Gasteiger partial charge in [0.05, 0.1) is 43.0 Å². The van der Waals surface area contributed by atoms with Crippen LogP contribution in [0.25, 0.3) is 11.1 Å². The van der Waals surface area contributed by atoms with E-state index in [-0.39, 0.29) is 23.8 Å². The summed E-state index contributed by atoms with van der Waals surface area (Å²) in [5.41, 5.74) is 1.03. The van der Waals surface area contributed by atoms with Crippen molar-refractivity contribution in [2.75, 3.05) is 19.5 Å². The average molecular weight is 533 g/mol. The van der Waals surface area contributed by atoms with E-state index in [1.54, 1.807) is 18.2 Å². The van der Waals surface area contributed by atoms with Crippen molar-refractivity contribution in [1.82, 2.24) is 19.9 Å². The molecule has 192 valence electrons. The first-order valence-corrected chi connectivity index (χ1v) is 11.6. The van der Waals surface area contributed by atoms with Gasteiger partial charge >= 0.3 is 0 Å². The summed E-state index contributed by atoms with van der Waals surface area (Å²) in [7, 11) is 2.90. The van der Waals surface area contributed by atoms with Crippen molar-refractivity contribution in [1.29, 1.82) is 5.26 Å². The fraction of sp³-hybridized carbons (Fsp3) is 0.154. The lowest BCUT2D eigenvalue weighted by Gasteiger charge is -2.21. The van der Waals surface area contributed by atoms with Crippen molar-refractivity contribution >= 4 is 29.1 Å². The van der Waals surface area contributed by atoms with Gasteiger partial charge in [0.2, 0.25) is 5.91 Å². The van der Waals surface area contributed by atoms with Crippen LogP contribution in [-0.2, 0) is 11.2 Å². The number of pyridine rings is 2. The molecule has 1 unspecified atom stereocenters. The zero-order chi connectivity index (χ0) is 27.2. The summed E-state index contributed by atoms with van der Waals surface area (Å²) < 4.78 is 12.1. The largest absolute Gasteiger partial charge is 0.495 e. The molecule has 4 aromatic rings. The molecule has 0 fully saturated rings. The number of hydrogen-bond donors (Lipinski definition) is 2. The predicted molar refractivity (Wildman–Crippen MR) is 138 cm³/mol. The number of nitrogens with zero attached hydrogens (tertiary/aromatic N) is 4. The molecule has 11 nitrogen and oxygen atoms in total. The smallest absolute Gasteiger partial charge is 0.269 e. The predicted octanol–water partition coefficient (Wildman–Crippen LogP) is 3.21. The van der Waals surface area contributed by atoms with E-state index in [0.717, 1.165) is 0 Å². The van der Waals surface area contributed by atoms with Crippen molar-refractivity contribution in [2.45, 2.75) is 12.5 Å². The average Bonchev–Trinajstić information content (AvgIpc) is 3.45. The Balaban J connectivity index is 1.74. The quantitative estimate of drug-likeness (QED) is 0.351. The SMILES string of the molecule is CNC(=O)c1ccc(NC(=O)C(Cc2cnco2)n2cc(OC)c(-c3cc(Cl)ccc3C#N)cc2=O)cn1. The second kappa shape index (κ2) is 11.4. The Morgan fingerprint density at radius 2 is 2.03 bits per heavy atom. The van der Waals surface area contributed by atoms with Gasteiger partial charge in [0.25, 0.3) is 11.5 Å². The maximum absolute atomic E-state index is 13.4. The minimum atomic E-state index is -1.08. The second-order valence-corrected chi connectivity index (χ2v) is 8.43. The van der Waals surface area contributed by atoms with Crippen LogP contribution in [0.1, 0.15) is 27.9 Å². The first-order chi connectivity index (χ1) is 18.3. The van der Waals surface area contributed by atoms with Crippen LogP contribution in [-0.4, -0.2) is 40.5 Å². The lowest BCUT2D eigenvalue weighted by Crippen LogP contribution is -2.34. The summed E-state index contributed by atoms with van der Waals surface area (Å²) in [5, 5.41) is 15.1. The van der Waals surface area contributed by atoms with Gasteiger partial charge in [0.1, 0.15) is 23.2 Å². The summed E-state index contributed by atoms with van der Waals surface area (Å²) >= 11 is 6.14. The molecule has 0 aliphatic rings. The number of carbonyl (C=O) groups is 2. The third kappa shape index (κ3) is 5.55. The Hall–Kier alpha value is -4.95. The summed E-state index contributed by atoms with van der Waals surface area (Å²) in [6.07, 6.45) is 5.40. The molecule has 38 heavy (non-hydrogen) atoms. The van der Waals surface area contributed by atoms with Gasteiger partial charge in [-0.15, -0.1) is 0 Å². The van der Waals surface area contributed by atoms with Gasteiger partial charge in [0, 0.05) is 35.7 Å². The molecule has 0 saturated heterocycles. The Morgan fingerprint density at radius 3 is 2.66 bits per heavy atom. The molecular formula is C26H21ClN6O5. The molecule has 0 aliphatic carbocycles. The molecule has 1 atom stereocenters. The Morgan fingerprint density at radius 1 is 1.21 bits per heavy atom. The molecule has 4 rings (SSSR count). The van der Waals surface area contributed by atoms with Crippen LogP contribution in [0.5, 0.6) is 5.75 Å². The van der Waals surface area contributed by atoms with Gasteiger partial charge in [-0.05, 0) is 30.3 Å². The number of nitriles is 1. The number of hydrogen-bond acceptors (Lipinski definition) is 8. The molecule has 2 amide bonds. The third-order valence-corrected chi connectivity index (χ3v) is 5.90. The number of benzene rings is 1. The molecule has 0 saturated carbocycles. The van der Waals surface area contributed by atoms with E-state index in [4.69, 9.17) is 20.8 Å². The summed E-state index contributed by atoms with van der Waals surface area (Å²) in [6, 6.07) is 9.96. The van der Waals surface area contributed by atoms with E-state index < -0.39 is 17.5 Å². The summed E-state index contributed by atoms with van der Waals surface area (Å²) in [4.78, 5) is 46.5. The van der Waals surface area contributed by atoms with Crippen molar-refractivity contribution < 1.29 is 18.7 Å². The van der Waals surface area contributed by atoms with Crippen molar-refractivity contribution in [3.05, 3.63) is 93.8 Å². The molecule has 12 heteroatoms. The molecule has 2 N–H and O–H groups in total. The van der Waals surface area contributed by atoms with Crippen molar-refractivity contribution in [3.8, 4) is 22.9 Å². The molecular weight excluding hydrogens is 512 g/mol. The first kappa shape index (κ1) is 26.1. The van der Waals surface area contributed by atoms with Gasteiger partial charge in [-0.1, -0.05) is 11.6 Å². The molecule has 0 bridgehead atoms. The van der Waals surface area contributed by atoms with E-state index in [9.17, 15) is 19.6 Å². The number of carbonyl (C=O) groups excluding carboxylic acids is 2. The number of methoxy groups -OCH3 is 1. The number of anilines is 1. The van der Waals surface area contributed by atoms with E-state index in [1.807, 2.05) is 0 Å². The zero-order valence-corrected chi connectivity index (χ0v) is 21.0. The minimum absolute atomic E-state index is 0.00138. The number of ether oxygens (including phenoxy) is 1. The van der Waals surface area contributed by atoms with E-state index in [0.29, 0.717) is 33.2 Å². The summed E-state index contributed by atoms with van der Waals surface area (Å²) in [5.74, 6) is -0.303. The van der Waals surface area contributed by atoms with Crippen LogP contribution in [0.3, 0.4) is 0 Å². The van der Waals surface area contributed by atoms with E-state index >= 15 is 0 Å². The third-order valence-electron chi connectivity index (χ3n) is 5.66. The second-order valence-electron chi connectivity index (χ2n) is 7.99. The Bertz CT molecular complexity index is 1580. The highest BCUT2D eigenvalue weighted by Gasteiger charge is 2.26. The molecule has 1 aromatic carbocycles. The lowest BCUT2D eigenvalue weighted by atomic mass is 10.00. The van der Waals surface area contributed by atoms with E-state index in [1.165, 1.54) is 61.9 Å². The molecule has 3 heterocycles. The maximum Gasteiger partial charge on any atom is 0.269 e. The number of nitrogens with one attached hydrogen (secondary N) is 2. The normalized spacial score (nSPS) is 11.3. The zero-order valence-electron chi connectivity index (χ0n) is 20.3. The summed E-state index contributed by atoms with van der Waals surface area (Å²) in [6.45, 7) is 0. The molecule has 0 radical (unpaired) electrons. The molecule has 0 aliphatic heterocycles. The van der Waals surface area contributed by atoms with Crippen molar-refractivity contribution in [3.63, 3.8) is 0 Å². The highest BCUT2D eigenvalue weighted by molar-refractivity contribution is 6.31. The number of halogens is 1. The van der Waals surface area contributed by atoms with Crippen LogP contribution >= 0.6 is 11.6 Å². The van der Waals surface area contributed by atoms with Gasteiger partial charge < -0.3 is 19.8 Å². The fourth-order valence-electron chi connectivity index (χ4n) is 3.79. The standard InChI is InChI=1S/C26H21ClN6O5/c1-29-25(35)21-6-5-17(11-31-21)32-26(36)22(8-18-12-30-14-38-18)33-13-23(37-2)20(9-24(33)34)19-7-16(27)4-3-15(19)10-28/h3-7,9,11-14,22H,8H2,1-2H3,(H,29,35)(H,32,36). The molecule has 0 spiro atoms. The minimum Gasteiger partial charge on any atom is -0.495 e. The number of aromatic nitrogens is 3. The van der Waals surface area contributed by atoms with Gasteiger partial charge in [-0.25, -0.2) is 9.97 Å². The number of oxazole rings is 1. The number of amides is 2. The fourth-order valence-corrected chi connectivity index (χ4v) is 3.96. The van der Waals surface area contributed by atoms with E-state index in [2.05, 4.69) is 26.7 Å². The van der Waals surface area contributed by atoms with Crippen LogP contribution < -0.4 is 20.9 Å². The first-order valence-electron chi connectivity index (χ1n) is 11.2. The number of rotatable bonds is 8. The van der Waals surface area contributed by atoms with Crippen LogP contribution in [0.15, 0.2) is 70.6 Å². The Labute approximate surface area is 221 Å². The van der Waals surface area contributed by atoms with Crippen LogP contribution in [0.4, 0.5) is 5.69 Å². The van der Waals surface area contributed by atoms with Gasteiger partial charge in [-0.3, -0.25) is 19.0 Å². The van der Waals surface area contributed by atoms with Crippen LogP contribution in [0, 0.1) is 11.3 Å². The monoisotopic (exact) mass is 532 g/mol. The van der Waals surface area contributed by atoms with Gasteiger partial charge in [-0.2, -0.15) is 5.26 Å².